The Hall–Kier alpha value is -4.13. The molecule has 1 aliphatic rings. The van der Waals surface area contributed by atoms with Gasteiger partial charge >= 0.3 is 11.4 Å². The first-order chi connectivity index (χ1) is 16.1. The maximum atomic E-state index is 12.0. The van der Waals surface area contributed by atoms with Crippen molar-refractivity contribution < 1.29 is 24.7 Å². The quantitative estimate of drug-likeness (QED) is 0.427. The van der Waals surface area contributed by atoms with Gasteiger partial charge in [0, 0.05) is 0 Å². The van der Waals surface area contributed by atoms with Gasteiger partial charge in [0.15, 0.2) is 0 Å². The van der Waals surface area contributed by atoms with Crippen LogP contribution < -0.4 is 5.32 Å². The summed E-state index contributed by atoms with van der Waals surface area (Å²) in [5, 5.41) is 43.4. The molecule has 0 heterocycles. The predicted molar refractivity (Wildman–Crippen MR) is 122 cm³/mol. The van der Waals surface area contributed by atoms with E-state index in [-0.39, 0.29) is 11.9 Å². The molecule has 13 nitrogen and oxygen atoms in total. The van der Waals surface area contributed by atoms with Crippen LogP contribution in [0.5, 0.6) is 5.75 Å². The molecule has 0 aliphatic heterocycles. The minimum Gasteiger partial charge on any atom is -0.497 e. The molecular formula is C21H25N5O8. The van der Waals surface area contributed by atoms with Crippen LogP contribution in [-0.4, -0.2) is 50.3 Å². The fourth-order valence-electron chi connectivity index (χ4n) is 3.57. The fraction of sp³-hybridized carbons (Fsp3) is 0.381. The van der Waals surface area contributed by atoms with Gasteiger partial charge < -0.3 is 10.4 Å². The third kappa shape index (κ3) is 6.45. The van der Waals surface area contributed by atoms with E-state index in [2.05, 4.69) is 42.3 Å². The first kappa shape index (κ1) is 26.1. The third-order valence-electron chi connectivity index (χ3n) is 5.39. The van der Waals surface area contributed by atoms with E-state index < -0.39 is 37.6 Å². The second-order valence-electron chi connectivity index (χ2n) is 7.42. The van der Waals surface area contributed by atoms with E-state index in [0.717, 1.165) is 25.9 Å². The number of hydrogen-bond acceptors (Lipinski definition) is 9. The molecule has 2 N–H and O–H groups in total. The van der Waals surface area contributed by atoms with Crippen molar-refractivity contribution in [3.63, 3.8) is 0 Å². The van der Waals surface area contributed by atoms with Crippen molar-refractivity contribution in [2.24, 2.45) is 0 Å². The van der Waals surface area contributed by atoms with Gasteiger partial charge in [-0.3, -0.25) is 40.0 Å². The monoisotopic (exact) mass is 475 g/mol. The van der Waals surface area contributed by atoms with Gasteiger partial charge in [-0.2, -0.15) is 0 Å². The Balaban J connectivity index is 0.000000242. The van der Waals surface area contributed by atoms with E-state index in [1.54, 1.807) is 0 Å². The zero-order chi connectivity index (χ0) is 25.4. The number of phenols is 1. The van der Waals surface area contributed by atoms with Crippen molar-refractivity contribution in [2.75, 3.05) is 19.6 Å². The number of aromatic hydroxyl groups is 1. The normalized spacial score (nSPS) is 14.0. The van der Waals surface area contributed by atoms with Gasteiger partial charge in [-0.25, -0.2) is 0 Å². The van der Waals surface area contributed by atoms with Crippen molar-refractivity contribution >= 4 is 23.0 Å². The average Bonchev–Trinajstić information content (AvgIpc) is 3.20. The number of hydrogen-bond donors (Lipinski definition) is 2. The number of nitrogens with one attached hydrogen (secondary N) is 1. The lowest BCUT2D eigenvalue weighted by Crippen LogP contribution is -2.38. The fourth-order valence-corrected chi connectivity index (χ4v) is 3.57. The van der Waals surface area contributed by atoms with E-state index in [9.17, 15) is 35.1 Å². The second kappa shape index (κ2) is 11.7. The zero-order valence-corrected chi connectivity index (χ0v) is 18.7. The van der Waals surface area contributed by atoms with E-state index in [1.807, 2.05) is 6.07 Å². The number of nitro groups is 3. The Labute approximate surface area is 194 Å². The smallest absolute Gasteiger partial charge is 0.324 e. The van der Waals surface area contributed by atoms with E-state index in [4.69, 9.17) is 5.11 Å². The molecule has 0 radical (unpaired) electrons. The Morgan fingerprint density at radius 3 is 2.09 bits per heavy atom. The molecule has 1 aliphatic carbocycles. The molecule has 0 aromatic heterocycles. The van der Waals surface area contributed by atoms with E-state index >= 15 is 0 Å². The molecule has 1 amide bonds. The molecular weight excluding hydrogens is 450 g/mol. The molecule has 1 atom stereocenters. The topological polar surface area (TPSA) is 182 Å². The highest BCUT2D eigenvalue weighted by molar-refractivity contribution is 5.78. The number of fused-ring (bicyclic) bond motifs is 1. The predicted octanol–water partition coefficient (Wildman–Crippen LogP) is 3.25. The highest BCUT2D eigenvalue weighted by Crippen LogP contribution is 2.39. The molecule has 0 fully saturated rings. The van der Waals surface area contributed by atoms with Gasteiger partial charge in [-0.05, 0) is 37.1 Å². The van der Waals surface area contributed by atoms with E-state index in [0.29, 0.717) is 18.7 Å². The molecule has 2 aromatic rings. The van der Waals surface area contributed by atoms with Crippen LogP contribution >= 0.6 is 0 Å². The number of likely N-dealkylation sites (N-methyl/N-ethyl adjacent to an activating group) is 1. The van der Waals surface area contributed by atoms with Crippen LogP contribution in [0.3, 0.4) is 0 Å². The van der Waals surface area contributed by atoms with Crippen LogP contribution in [0.1, 0.15) is 37.4 Å². The second-order valence-corrected chi connectivity index (χ2v) is 7.42. The molecule has 0 bridgehead atoms. The lowest BCUT2D eigenvalue weighted by Gasteiger charge is -2.20. The summed E-state index contributed by atoms with van der Waals surface area (Å²) in [6.45, 7) is 6.52. The number of non-ortho nitro benzene ring substituents is 1. The van der Waals surface area contributed by atoms with Crippen LogP contribution in [0.25, 0.3) is 0 Å². The summed E-state index contributed by atoms with van der Waals surface area (Å²) in [5.41, 5.74) is -0.325. The van der Waals surface area contributed by atoms with E-state index in [1.165, 1.54) is 11.1 Å². The lowest BCUT2D eigenvalue weighted by atomic mass is 10.1. The average molecular weight is 475 g/mol. The number of amides is 1. The molecule has 1 unspecified atom stereocenters. The molecule has 182 valence electrons. The first-order valence-corrected chi connectivity index (χ1v) is 10.5. The van der Waals surface area contributed by atoms with Gasteiger partial charge in [0.1, 0.15) is 0 Å². The zero-order valence-electron chi connectivity index (χ0n) is 18.7. The minimum absolute atomic E-state index is 0.139. The van der Waals surface area contributed by atoms with Crippen molar-refractivity contribution in [2.45, 2.75) is 32.7 Å². The number of nitrogens with zero attached hydrogens (tertiary/aromatic N) is 4. The first-order valence-electron chi connectivity index (χ1n) is 10.5. The summed E-state index contributed by atoms with van der Waals surface area (Å²) >= 11 is 0. The molecule has 0 spiro atoms. The van der Waals surface area contributed by atoms with Crippen LogP contribution in [-0.2, 0) is 11.2 Å². The number of phenolic OH excluding ortho intramolecular Hbond substituents is 1. The van der Waals surface area contributed by atoms with Gasteiger partial charge in [0.25, 0.3) is 11.4 Å². The highest BCUT2D eigenvalue weighted by atomic mass is 16.6. The summed E-state index contributed by atoms with van der Waals surface area (Å²) in [4.78, 5) is 41.9. The largest absolute Gasteiger partial charge is 0.497 e. The van der Waals surface area contributed by atoms with Gasteiger partial charge in [0.2, 0.25) is 5.91 Å². The maximum Gasteiger partial charge on any atom is 0.324 e. The maximum absolute atomic E-state index is 12.0. The molecule has 0 saturated heterocycles. The number of rotatable bonds is 8. The summed E-state index contributed by atoms with van der Waals surface area (Å²) in [7, 11) is 0. The molecule has 13 heteroatoms. The summed E-state index contributed by atoms with van der Waals surface area (Å²) < 4.78 is 0. The lowest BCUT2D eigenvalue weighted by molar-refractivity contribution is -0.404. The Bertz CT molecular complexity index is 1050. The third-order valence-corrected chi connectivity index (χ3v) is 5.39. The van der Waals surface area contributed by atoms with Crippen LogP contribution in [0.4, 0.5) is 17.1 Å². The Morgan fingerprint density at radius 2 is 1.59 bits per heavy atom. The Kier molecular flexibility index (Phi) is 8.95. The number of nitro benzene ring substituents is 3. The van der Waals surface area contributed by atoms with Crippen LogP contribution in [0.2, 0.25) is 0 Å². The number of carbonyl (C=O) groups excluding carboxylic acids is 1. The SMILES string of the molecule is CCN(CC)CC(=O)NC1CCc2ccccc21.O=[N+]([O-])c1cc([N+](=O)[O-])c(O)c([N+](=O)[O-])c1. The molecule has 2 aromatic carbocycles. The van der Waals surface area contributed by atoms with Gasteiger partial charge in [-0.15, -0.1) is 0 Å². The Morgan fingerprint density at radius 1 is 1.03 bits per heavy atom. The van der Waals surface area contributed by atoms with Crippen LogP contribution in [0.15, 0.2) is 36.4 Å². The highest BCUT2D eigenvalue weighted by Gasteiger charge is 2.30. The van der Waals surface area contributed by atoms with Crippen molar-refractivity contribution in [1.82, 2.24) is 10.2 Å². The van der Waals surface area contributed by atoms with Gasteiger partial charge in [-0.1, -0.05) is 38.1 Å². The minimum atomic E-state index is -1.21. The van der Waals surface area contributed by atoms with Crippen LogP contribution in [0, 0.1) is 30.3 Å². The summed E-state index contributed by atoms with van der Waals surface area (Å²) in [5.74, 6) is -1.07. The number of carbonyl (C=O) groups is 1. The van der Waals surface area contributed by atoms with Crippen molar-refractivity contribution in [1.29, 1.82) is 0 Å². The number of aryl methyl sites for hydroxylation is 1. The summed E-state index contributed by atoms with van der Waals surface area (Å²) in [6.07, 6.45) is 2.11. The van der Waals surface area contributed by atoms with Crippen molar-refractivity contribution in [3.8, 4) is 5.75 Å². The summed E-state index contributed by atoms with van der Waals surface area (Å²) in [6, 6.07) is 9.51. The molecule has 0 saturated carbocycles. The standard InChI is InChI=1S/C15H22N2O.C6H3N3O7/c1-3-17(4-2)11-15(18)16-14-10-9-12-7-5-6-8-13(12)14;10-6-4(8(13)14)1-3(7(11)12)2-5(6)9(15)16/h5-8,14H,3-4,9-11H2,1-2H3,(H,16,18);1-2,10H. The molecule has 34 heavy (non-hydrogen) atoms. The van der Waals surface area contributed by atoms with Crippen molar-refractivity contribution in [3.05, 3.63) is 77.9 Å². The number of benzene rings is 2. The van der Waals surface area contributed by atoms with Gasteiger partial charge in [0.05, 0.1) is 39.5 Å². The molecule has 3 rings (SSSR count).